The van der Waals surface area contributed by atoms with Gasteiger partial charge in [-0.3, -0.25) is 9.59 Å². The quantitative estimate of drug-likeness (QED) is 0.671. The van der Waals surface area contributed by atoms with E-state index >= 15 is 0 Å². The van der Waals surface area contributed by atoms with Crippen molar-refractivity contribution >= 4 is 6.08 Å². The summed E-state index contributed by atoms with van der Waals surface area (Å²) >= 11 is 0. The van der Waals surface area contributed by atoms with Crippen LogP contribution >= 0.6 is 0 Å². The second kappa shape index (κ2) is 3.17. The van der Waals surface area contributed by atoms with Crippen molar-refractivity contribution in [2.45, 2.75) is 6.10 Å². The van der Waals surface area contributed by atoms with Gasteiger partial charge < -0.3 is 4.74 Å². The molecule has 0 aromatic heterocycles. The van der Waals surface area contributed by atoms with Gasteiger partial charge in [-0.15, -0.1) is 0 Å². The molecule has 3 rings (SSSR count). The molecule has 0 radical (unpaired) electrons. The normalized spacial score (nSPS) is 18.1. The van der Waals surface area contributed by atoms with E-state index < -0.39 is 17.0 Å². The Morgan fingerprint density at radius 2 is 1.94 bits per heavy atom. The Morgan fingerprint density at radius 3 is 2.69 bits per heavy atom. The molecule has 0 amide bonds. The minimum Gasteiger partial charge on any atom is -0.481 e. The highest BCUT2D eigenvalue weighted by atomic mass is 16.5. The van der Waals surface area contributed by atoms with Crippen molar-refractivity contribution < 1.29 is 4.74 Å². The zero-order valence-electron chi connectivity index (χ0n) is 8.34. The summed E-state index contributed by atoms with van der Waals surface area (Å²) in [5.74, 6) is 0.739. The van der Waals surface area contributed by atoms with Crippen molar-refractivity contribution in [1.29, 1.82) is 0 Å². The van der Waals surface area contributed by atoms with Crippen LogP contribution < -0.4 is 15.6 Å². The summed E-state index contributed by atoms with van der Waals surface area (Å²) in [7, 11) is 0. The predicted molar refractivity (Wildman–Crippen MR) is 60.2 cm³/mol. The van der Waals surface area contributed by atoms with Crippen molar-refractivity contribution in [3.63, 3.8) is 0 Å². The van der Waals surface area contributed by atoms with Crippen LogP contribution in [0.3, 0.4) is 0 Å². The predicted octanol–water partition coefficient (Wildman–Crippen LogP) is 1.43. The van der Waals surface area contributed by atoms with Crippen LogP contribution in [0.4, 0.5) is 0 Å². The lowest BCUT2D eigenvalue weighted by Crippen LogP contribution is -2.36. The Labute approximate surface area is 91.3 Å². The molecule has 0 aliphatic carbocycles. The van der Waals surface area contributed by atoms with Gasteiger partial charge in [0.25, 0.3) is 0 Å². The van der Waals surface area contributed by atoms with Crippen LogP contribution in [0.1, 0.15) is 17.2 Å². The zero-order valence-corrected chi connectivity index (χ0v) is 8.34. The minimum atomic E-state index is -0.439. The van der Waals surface area contributed by atoms with E-state index in [9.17, 15) is 9.59 Å². The van der Waals surface area contributed by atoms with Gasteiger partial charge in [0.2, 0.25) is 10.9 Å². The molecule has 2 aromatic carbocycles. The first-order valence-electron chi connectivity index (χ1n) is 5.00. The van der Waals surface area contributed by atoms with Crippen LogP contribution in [0.2, 0.25) is 0 Å². The maximum Gasteiger partial charge on any atom is 0.233 e. The van der Waals surface area contributed by atoms with Gasteiger partial charge in [-0.2, -0.15) is 0 Å². The van der Waals surface area contributed by atoms with Gasteiger partial charge in [0.15, 0.2) is 0 Å². The first-order valence-corrected chi connectivity index (χ1v) is 5.00. The third kappa shape index (κ3) is 1.21. The molecule has 3 nitrogen and oxygen atoms in total. The molecule has 78 valence electrons. The van der Waals surface area contributed by atoms with Crippen molar-refractivity contribution in [2.24, 2.45) is 0 Å². The van der Waals surface area contributed by atoms with Crippen molar-refractivity contribution in [3.05, 3.63) is 68.0 Å². The van der Waals surface area contributed by atoms with E-state index in [1.54, 1.807) is 6.08 Å². The maximum atomic E-state index is 11.2. The highest BCUT2D eigenvalue weighted by Gasteiger charge is 2.22. The summed E-state index contributed by atoms with van der Waals surface area (Å²) < 4.78 is 5.63. The molecule has 1 atom stereocenters. The Balaban J connectivity index is 1.98. The Bertz CT molecular complexity index is 645. The van der Waals surface area contributed by atoms with Gasteiger partial charge in [-0.05, 0) is 12.1 Å². The third-order valence-corrected chi connectivity index (χ3v) is 2.70. The number of benzene rings is 1. The van der Waals surface area contributed by atoms with E-state index in [0.29, 0.717) is 5.56 Å². The molecule has 0 N–H and O–H groups in total. The van der Waals surface area contributed by atoms with Crippen LogP contribution in [-0.2, 0) is 0 Å². The number of hydrogen-bond acceptors (Lipinski definition) is 3. The molecule has 16 heavy (non-hydrogen) atoms. The summed E-state index contributed by atoms with van der Waals surface area (Å²) in [4.78, 5) is 22.1. The van der Waals surface area contributed by atoms with E-state index in [0.717, 1.165) is 11.3 Å². The summed E-state index contributed by atoms with van der Waals surface area (Å²) in [6, 6.07) is 8.91. The Morgan fingerprint density at radius 1 is 1.12 bits per heavy atom. The maximum absolute atomic E-state index is 11.2. The van der Waals surface area contributed by atoms with E-state index in [1.165, 1.54) is 6.07 Å². The molecular weight excluding hydrogens is 204 g/mol. The number of rotatable bonds is 1. The average molecular weight is 212 g/mol. The van der Waals surface area contributed by atoms with Crippen molar-refractivity contribution in [2.75, 3.05) is 0 Å². The molecule has 0 bridgehead atoms. The van der Waals surface area contributed by atoms with E-state index in [2.05, 4.69) is 0 Å². The highest BCUT2D eigenvalue weighted by molar-refractivity contribution is 5.60. The number of ether oxygens (including phenoxy) is 1. The zero-order chi connectivity index (χ0) is 11.1. The SMILES string of the molecule is O=c1cc(C2C=Cc3ccccc3O2)c1=O. The fraction of sp³-hybridized carbons (Fsp3) is 0.0769. The summed E-state index contributed by atoms with van der Waals surface area (Å²) in [5.41, 5.74) is 0.549. The molecular formula is C13H8O3. The second-order valence-corrected chi connectivity index (χ2v) is 3.73. The lowest BCUT2D eigenvalue weighted by Gasteiger charge is -2.21. The average Bonchev–Trinajstić information content (AvgIpc) is 2.35. The topological polar surface area (TPSA) is 43.4 Å². The van der Waals surface area contributed by atoms with Crippen LogP contribution in [0.15, 0.2) is 46.0 Å². The molecule has 2 aromatic rings. The molecule has 1 aliphatic heterocycles. The number of hydrogen-bond donors (Lipinski definition) is 0. The van der Waals surface area contributed by atoms with Crippen molar-refractivity contribution in [1.82, 2.24) is 0 Å². The smallest absolute Gasteiger partial charge is 0.233 e. The Kier molecular flexibility index (Phi) is 1.80. The number of fused-ring (bicyclic) bond motifs is 1. The largest absolute Gasteiger partial charge is 0.481 e. The van der Waals surface area contributed by atoms with E-state index in [-0.39, 0.29) is 0 Å². The summed E-state index contributed by atoms with van der Waals surface area (Å²) in [5, 5.41) is 0. The second-order valence-electron chi connectivity index (χ2n) is 3.73. The molecule has 0 spiro atoms. The molecule has 0 fully saturated rings. The minimum absolute atomic E-state index is 0.417. The summed E-state index contributed by atoms with van der Waals surface area (Å²) in [6.45, 7) is 0. The van der Waals surface area contributed by atoms with Crippen molar-refractivity contribution in [3.8, 4) is 5.75 Å². The molecule has 3 heteroatoms. The number of para-hydroxylation sites is 1. The lowest BCUT2D eigenvalue weighted by molar-refractivity contribution is 0.249. The molecule has 1 heterocycles. The Hall–Kier alpha value is -2.16. The third-order valence-electron chi connectivity index (χ3n) is 2.70. The molecule has 0 saturated carbocycles. The molecule has 1 aliphatic rings. The molecule has 0 saturated heterocycles. The van der Waals surface area contributed by atoms with Gasteiger partial charge in [-0.1, -0.05) is 24.3 Å². The fourth-order valence-corrected chi connectivity index (χ4v) is 1.81. The van der Waals surface area contributed by atoms with Crippen LogP contribution in [0.5, 0.6) is 5.75 Å². The molecule has 1 unspecified atom stereocenters. The monoisotopic (exact) mass is 212 g/mol. The van der Waals surface area contributed by atoms with E-state index in [1.807, 2.05) is 30.3 Å². The van der Waals surface area contributed by atoms with Gasteiger partial charge in [0.1, 0.15) is 11.9 Å². The first-order chi connectivity index (χ1) is 7.75. The van der Waals surface area contributed by atoms with Gasteiger partial charge in [0, 0.05) is 11.6 Å². The van der Waals surface area contributed by atoms with Crippen LogP contribution in [0.25, 0.3) is 6.08 Å². The van der Waals surface area contributed by atoms with Crippen LogP contribution in [0, 0.1) is 0 Å². The van der Waals surface area contributed by atoms with E-state index in [4.69, 9.17) is 4.74 Å². The van der Waals surface area contributed by atoms with Crippen LogP contribution in [-0.4, -0.2) is 0 Å². The lowest BCUT2D eigenvalue weighted by atomic mass is 10.0. The highest BCUT2D eigenvalue weighted by Crippen LogP contribution is 2.30. The van der Waals surface area contributed by atoms with Gasteiger partial charge in [0.05, 0.1) is 5.56 Å². The van der Waals surface area contributed by atoms with Gasteiger partial charge >= 0.3 is 0 Å². The standard InChI is InChI=1S/C13H8O3/c14-10-7-9(13(10)15)12-6-5-8-3-1-2-4-11(8)16-12/h1-7,12H. The summed E-state index contributed by atoms with van der Waals surface area (Å²) in [6.07, 6.45) is 3.28. The van der Waals surface area contributed by atoms with Gasteiger partial charge in [-0.25, -0.2) is 0 Å². The fourth-order valence-electron chi connectivity index (χ4n) is 1.81. The first kappa shape index (κ1) is 9.09.